The summed E-state index contributed by atoms with van der Waals surface area (Å²) >= 11 is 9.55. The normalized spacial score (nSPS) is 16.4. The monoisotopic (exact) mass is 329 g/mol. The van der Waals surface area contributed by atoms with Gasteiger partial charge in [-0.25, -0.2) is 4.99 Å². The molecule has 0 aromatic heterocycles. The van der Waals surface area contributed by atoms with Crippen molar-refractivity contribution in [3.8, 4) is 0 Å². The van der Waals surface area contributed by atoms with Crippen LogP contribution in [0.2, 0.25) is 5.02 Å². The van der Waals surface area contributed by atoms with Gasteiger partial charge in [0.25, 0.3) is 0 Å². The second-order valence-corrected chi connectivity index (χ2v) is 5.82. The van der Waals surface area contributed by atoms with Gasteiger partial charge in [0, 0.05) is 11.0 Å². The molecule has 5 heteroatoms. The summed E-state index contributed by atoms with van der Waals surface area (Å²) in [6.45, 7) is 1.43. The number of nitrogens with two attached hydrogens (primary N) is 1. The van der Waals surface area contributed by atoms with E-state index in [-0.39, 0.29) is 0 Å². The van der Waals surface area contributed by atoms with E-state index in [4.69, 9.17) is 17.3 Å². The second kappa shape index (κ2) is 6.43. The Labute approximate surface area is 121 Å². The summed E-state index contributed by atoms with van der Waals surface area (Å²) in [6, 6.07) is 5.81. The number of rotatable bonds is 4. The van der Waals surface area contributed by atoms with Gasteiger partial charge in [0.15, 0.2) is 5.96 Å². The van der Waals surface area contributed by atoms with E-state index >= 15 is 0 Å². The highest BCUT2D eigenvalue weighted by Gasteiger charge is 2.16. The predicted octanol–water partition coefficient (Wildman–Crippen LogP) is 3.31. The van der Waals surface area contributed by atoms with Gasteiger partial charge in [0.05, 0.1) is 11.6 Å². The van der Waals surface area contributed by atoms with Crippen LogP contribution in [0.4, 0.5) is 0 Å². The molecule has 18 heavy (non-hydrogen) atoms. The number of halogens is 2. The van der Waals surface area contributed by atoms with Gasteiger partial charge in [-0.05, 0) is 46.3 Å². The van der Waals surface area contributed by atoms with Crippen LogP contribution < -0.4 is 11.1 Å². The molecule has 1 saturated carbocycles. The minimum atomic E-state index is 0.498. The van der Waals surface area contributed by atoms with Gasteiger partial charge in [-0.2, -0.15) is 0 Å². The molecule has 0 radical (unpaired) electrons. The first-order valence-corrected chi connectivity index (χ1v) is 7.30. The number of hydrogen-bond acceptors (Lipinski definition) is 1. The van der Waals surface area contributed by atoms with Gasteiger partial charge < -0.3 is 11.1 Å². The van der Waals surface area contributed by atoms with E-state index in [1.165, 1.54) is 19.3 Å². The summed E-state index contributed by atoms with van der Waals surface area (Å²) < 4.78 is 0.887. The minimum absolute atomic E-state index is 0.498. The maximum absolute atomic E-state index is 6.16. The fraction of sp³-hybridized carbons (Fsp3) is 0.462. The molecule has 2 rings (SSSR count). The third-order valence-corrected chi connectivity index (χ3v) is 4.58. The van der Waals surface area contributed by atoms with Crippen molar-refractivity contribution >= 4 is 33.5 Å². The molecule has 0 atom stereocenters. The Balaban J connectivity index is 1.86. The Bertz CT molecular complexity index is 444. The molecule has 1 fully saturated rings. The van der Waals surface area contributed by atoms with E-state index < -0.39 is 0 Å². The third kappa shape index (κ3) is 3.62. The fourth-order valence-electron chi connectivity index (χ4n) is 1.84. The van der Waals surface area contributed by atoms with Crippen molar-refractivity contribution in [1.82, 2.24) is 5.32 Å². The molecule has 1 aromatic carbocycles. The van der Waals surface area contributed by atoms with Crippen LogP contribution in [0.3, 0.4) is 0 Å². The van der Waals surface area contributed by atoms with Crippen molar-refractivity contribution in [1.29, 1.82) is 0 Å². The molecule has 0 bridgehead atoms. The van der Waals surface area contributed by atoms with Crippen molar-refractivity contribution in [2.75, 3.05) is 6.54 Å². The summed E-state index contributed by atoms with van der Waals surface area (Å²) in [5, 5.41) is 3.86. The van der Waals surface area contributed by atoms with E-state index in [0.29, 0.717) is 17.5 Å². The topological polar surface area (TPSA) is 50.4 Å². The zero-order valence-electron chi connectivity index (χ0n) is 10.1. The largest absolute Gasteiger partial charge is 0.370 e. The molecule has 3 N–H and O–H groups in total. The summed E-state index contributed by atoms with van der Waals surface area (Å²) in [7, 11) is 0. The van der Waals surface area contributed by atoms with E-state index in [0.717, 1.165) is 22.5 Å². The Kier molecular flexibility index (Phi) is 4.89. The van der Waals surface area contributed by atoms with Crippen LogP contribution in [-0.4, -0.2) is 12.5 Å². The average Bonchev–Trinajstić information content (AvgIpc) is 2.29. The molecular formula is C13H17BrClN3. The van der Waals surface area contributed by atoms with E-state index in [1.807, 2.05) is 18.2 Å². The molecule has 0 heterocycles. The molecule has 0 saturated heterocycles. The lowest BCUT2D eigenvalue weighted by Crippen LogP contribution is -2.37. The maximum atomic E-state index is 6.16. The maximum Gasteiger partial charge on any atom is 0.188 e. The first-order valence-electron chi connectivity index (χ1n) is 6.13. The first kappa shape index (κ1) is 13.7. The van der Waals surface area contributed by atoms with Crippen LogP contribution in [0.1, 0.15) is 24.8 Å². The Morgan fingerprint density at radius 2 is 2.28 bits per heavy atom. The van der Waals surface area contributed by atoms with Crippen LogP contribution in [-0.2, 0) is 6.54 Å². The van der Waals surface area contributed by atoms with Gasteiger partial charge in [0.1, 0.15) is 0 Å². The van der Waals surface area contributed by atoms with E-state index in [2.05, 4.69) is 26.2 Å². The Hall–Kier alpha value is -0.740. The zero-order chi connectivity index (χ0) is 13.0. The molecular weight excluding hydrogens is 314 g/mol. The molecule has 1 aliphatic rings. The number of aliphatic imine (C=N–C) groups is 1. The smallest absolute Gasteiger partial charge is 0.188 e. The van der Waals surface area contributed by atoms with Crippen molar-refractivity contribution in [2.45, 2.75) is 25.8 Å². The fourth-order valence-corrected chi connectivity index (χ4v) is 2.44. The van der Waals surface area contributed by atoms with Gasteiger partial charge in [-0.1, -0.05) is 30.2 Å². The summed E-state index contributed by atoms with van der Waals surface area (Å²) in [5.74, 6) is 1.27. The van der Waals surface area contributed by atoms with Gasteiger partial charge in [-0.3, -0.25) is 0 Å². The van der Waals surface area contributed by atoms with Crippen LogP contribution >= 0.6 is 27.5 Å². The highest BCUT2D eigenvalue weighted by Crippen LogP contribution is 2.26. The van der Waals surface area contributed by atoms with Crippen molar-refractivity contribution in [3.63, 3.8) is 0 Å². The quantitative estimate of drug-likeness (QED) is 0.657. The van der Waals surface area contributed by atoms with E-state index in [1.54, 1.807) is 0 Å². The molecule has 0 aliphatic heterocycles. The highest BCUT2D eigenvalue weighted by molar-refractivity contribution is 9.10. The lowest BCUT2D eigenvalue weighted by Gasteiger charge is -2.25. The van der Waals surface area contributed by atoms with Crippen molar-refractivity contribution in [3.05, 3.63) is 33.3 Å². The molecule has 1 aromatic rings. The predicted molar refractivity (Wildman–Crippen MR) is 79.8 cm³/mol. The standard InChI is InChI=1S/C13H17BrClN3/c14-11-6-2-5-10(12(11)15)8-18-13(16)17-7-9-3-1-4-9/h2,5-6,9H,1,3-4,7-8H2,(H3,16,17,18). The third-order valence-electron chi connectivity index (χ3n) is 3.25. The van der Waals surface area contributed by atoms with Crippen LogP contribution in [0, 0.1) is 5.92 Å². The number of nitrogens with zero attached hydrogens (tertiary/aromatic N) is 1. The number of nitrogens with one attached hydrogen (secondary N) is 1. The molecule has 3 nitrogen and oxygen atoms in total. The Morgan fingerprint density at radius 3 is 2.94 bits per heavy atom. The van der Waals surface area contributed by atoms with E-state index in [9.17, 15) is 0 Å². The minimum Gasteiger partial charge on any atom is -0.370 e. The van der Waals surface area contributed by atoms with Crippen LogP contribution in [0.5, 0.6) is 0 Å². The lowest BCUT2D eigenvalue weighted by atomic mass is 9.85. The molecule has 0 amide bonds. The zero-order valence-corrected chi connectivity index (χ0v) is 12.5. The summed E-state index contributed by atoms with van der Waals surface area (Å²) in [5.41, 5.74) is 6.79. The van der Waals surface area contributed by atoms with Crippen LogP contribution in [0.15, 0.2) is 27.7 Å². The van der Waals surface area contributed by atoms with Gasteiger partial charge in [-0.15, -0.1) is 0 Å². The molecule has 0 spiro atoms. The van der Waals surface area contributed by atoms with Crippen LogP contribution in [0.25, 0.3) is 0 Å². The number of benzene rings is 1. The van der Waals surface area contributed by atoms with Gasteiger partial charge in [0.2, 0.25) is 0 Å². The summed E-state index contributed by atoms with van der Waals surface area (Å²) in [6.07, 6.45) is 3.95. The lowest BCUT2D eigenvalue weighted by molar-refractivity contribution is 0.315. The number of hydrogen-bond donors (Lipinski definition) is 2. The van der Waals surface area contributed by atoms with Gasteiger partial charge >= 0.3 is 0 Å². The molecule has 0 unspecified atom stereocenters. The molecule has 1 aliphatic carbocycles. The Morgan fingerprint density at radius 1 is 1.50 bits per heavy atom. The average molecular weight is 331 g/mol. The SMILES string of the molecule is NC(=NCc1cccc(Br)c1Cl)NCC1CCC1. The summed E-state index contributed by atoms with van der Waals surface area (Å²) in [4.78, 5) is 4.30. The first-order chi connectivity index (χ1) is 8.66. The molecule has 98 valence electrons. The number of guanidine groups is 1. The second-order valence-electron chi connectivity index (χ2n) is 4.59. The van der Waals surface area contributed by atoms with Crippen molar-refractivity contribution in [2.24, 2.45) is 16.6 Å². The van der Waals surface area contributed by atoms with Crippen molar-refractivity contribution < 1.29 is 0 Å². The highest BCUT2D eigenvalue weighted by atomic mass is 79.9.